The number of benzene rings is 6. The second-order valence-electron chi connectivity index (χ2n) is 11.0. The predicted molar refractivity (Wildman–Crippen MR) is 186 cm³/mol. The summed E-state index contributed by atoms with van der Waals surface area (Å²) in [6.07, 6.45) is 0. The van der Waals surface area contributed by atoms with Crippen molar-refractivity contribution in [1.82, 2.24) is 0 Å². The minimum atomic E-state index is -5.01. The molecular formula is C30H21N5O13S4. The molecule has 0 fully saturated rings. The van der Waals surface area contributed by atoms with Crippen LogP contribution in [0, 0.1) is 0 Å². The van der Waals surface area contributed by atoms with E-state index in [9.17, 15) is 57.0 Å². The molecule has 0 unspecified atom stereocenters. The molecule has 52 heavy (non-hydrogen) atoms. The van der Waals surface area contributed by atoms with Crippen LogP contribution < -0.4 is 5.73 Å². The highest BCUT2D eigenvalue weighted by Gasteiger charge is 2.22. The van der Waals surface area contributed by atoms with Crippen LogP contribution in [0.15, 0.2) is 125 Å². The predicted octanol–water partition coefficient (Wildman–Crippen LogP) is 6.25. The van der Waals surface area contributed by atoms with Crippen molar-refractivity contribution in [3.63, 3.8) is 0 Å². The third kappa shape index (κ3) is 7.17. The third-order valence-corrected chi connectivity index (χ3v) is 11.0. The summed E-state index contributed by atoms with van der Waals surface area (Å²) in [5, 5.41) is 27.6. The summed E-state index contributed by atoms with van der Waals surface area (Å²) < 4.78 is 133. The van der Waals surface area contributed by atoms with Crippen molar-refractivity contribution in [3.8, 4) is 5.75 Å². The Labute approximate surface area is 293 Å². The SMILES string of the molecule is Nc1ccc(N=Nc2ccc(N=Nc3ccc4cc(S(=O)(=O)O)cc(S(=O)(=O)O)c4c3)c3c(O)cc(S(=O)(=O)O)cc23)c2ccc(S(=O)(=O)O)cc12. The van der Waals surface area contributed by atoms with Crippen LogP contribution in [0.4, 0.5) is 28.4 Å². The van der Waals surface area contributed by atoms with E-state index in [-0.39, 0.29) is 55.4 Å². The van der Waals surface area contributed by atoms with Crippen LogP contribution in [0.2, 0.25) is 0 Å². The highest BCUT2D eigenvalue weighted by Crippen LogP contribution is 2.43. The quantitative estimate of drug-likeness (QED) is 0.0564. The number of nitrogen functional groups attached to an aromatic ring is 1. The molecule has 0 spiro atoms. The zero-order valence-corrected chi connectivity index (χ0v) is 28.9. The molecule has 0 heterocycles. The van der Waals surface area contributed by atoms with Gasteiger partial charge in [-0.1, -0.05) is 12.1 Å². The van der Waals surface area contributed by atoms with Gasteiger partial charge in [0.15, 0.2) is 0 Å². The average molecular weight is 788 g/mol. The molecule has 0 amide bonds. The van der Waals surface area contributed by atoms with E-state index >= 15 is 0 Å². The van der Waals surface area contributed by atoms with Crippen LogP contribution in [0.25, 0.3) is 32.3 Å². The van der Waals surface area contributed by atoms with E-state index in [1.807, 2.05) is 0 Å². The number of azo groups is 2. The van der Waals surface area contributed by atoms with Gasteiger partial charge in [-0.05, 0) is 72.1 Å². The van der Waals surface area contributed by atoms with Crippen LogP contribution >= 0.6 is 0 Å². The maximum Gasteiger partial charge on any atom is 0.295 e. The molecule has 0 aromatic heterocycles. The van der Waals surface area contributed by atoms with Gasteiger partial charge in [0.2, 0.25) is 0 Å². The van der Waals surface area contributed by atoms with Gasteiger partial charge in [0.25, 0.3) is 40.5 Å². The minimum absolute atomic E-state index is 0.00926. The molecular weight excluding hydrogens is 767 g/mol. The summed E-state index contributed by atoms with van der Waals surface area (Å²) in [5.41, 5.74) is 6.17. The Morgan fingerprint density at radius 1 is 0.462 bits per heavy atom. The van der Waals surface area contributed by atoms with Gasteiger partial charge < -0.3 is 10.8 Å². The topological polar surface area (TPSA) is 313 Å². The number of phenolic OH excluding ortho intramolecular Hbond substituents is 1. The number of phenols is 1. The van der Waals surface area contributed by atoms with Crippen molar-refractivity contribution in [2.75, 3.05) is 5.73 Å². The molecule has 268 valence electrons. The molecule has 22 heteroatoms. The summed E-state index contributed by atoms with van der Waals surface area (Å²) in [7, 11) is -19.3. The molecule has 7 N–H and O–H groups in total. The minimum Gasteiger partial charge on any atom is -0.507 e. The van der Waals surface area contributed by atoms with Gasteiger partial charge in [-0.3, -0.25) is 18.2 Å². The zero-order valence-electron chi connectivity index (χ0n) is 25.6. The Bertz CT molecular complexity index is 3040. The Hall–Kier alpha value is -5.46. The van der Waals surface area contributed by atoms with E-state index in [4.69, 9.17) is 5.73 Å². The van der Waals surface area contributed by atoms with E-state index in [1.165, 1.54) is 42.5 Å². The van der Waals surface area contributed by atoms with Crippen molar-refractivity contribution >= 4 is 101 Å². The zero-order chi connectivity index (χ0) is 38.0. The van der Waals surface area contributed by atoms with Gasteiger partial charge in [-0.2, -0.15) is 38.8 Å². The first kappa shape index (κ1) is 36.3. The average Bonchev–Trinajstić information content (AvgIpc) is 3.04. The molecule has 0 aliphatic heterocycles. The first-order valence-electron chi connectivity index (χ1n) is 14.0. The second-order valence-corrected chi connectivity index (χ2v) is 16.6. The standard InChI is InChI=1S/C30H21N5O13S4/c31-24-5-6-25(20-4-3-17(11-22(20)24)49(37,38)39)33-34-26-7-8-27(30-23(26)12-19(13-28(30)36)51(43,44)45)35-32-16-2-1-15-9-18(50(40,41)42)14-29(21(15)10-16)52(46,47)48/h1-14,36H,31H2,(H,37,38,39)(H,40,41,42)(H,43,44,45)(H,46,47,48). The summed E-state index contributed by atoms with van der Waals surface area (Å²) in [6, 6.07) is 16.0. The van der Waals surface area contributed by atoms with Gasteiger partial charge in [-0.25, -0.2) is 0 Å². The molecule has 0 radical (unpaired) electrons. The molecule has 6 aromatic rings. The molecule has 0 bridgehead atoms. The van der Waals surface area contributed by atoms with Crippen molar-refractivity contribution in [1.29, 1.82) is 0 Å². The summed E-state index contributed by atoms with van der Waals surface area (Å²) in [6.45, 7) is 0. The Balaban J connectivity index is 1.48. The first-order chi connectivity index (χ1) is 24.1. The maximum atomic E-state index is 12.1. The van der Waals surface area contributed by atoms with E-state index in [2.05, 4.69) is 20.5 Å². The molecule has 6 aromatic carbocycles. The van der Waals surface area contributed by atoms with Crippen molar-refractivity contribution in [2.45, 2.75) is 19.6 Å². The second kappa shape index (κ2) is 12.6. The molecule has 0 saturated carbocycles. The number of hydrogen-bond donors (Lipinski definition) is 6. The number of aromatic hydroxyl groups is 1. The maximum absolute atomic E-state index is 12.1. The summed E-state index contributed by atoms with van der Waals surface area (Å²) in [4.78, 5) is -2.77. The lowest BCUT2D eigenvalue weighted by Crippen LogP contribution is -2.04. The van der Waals surface area contributed by atoms with Crippen LogP contribution in [-0.4, -0.2) is 57.0 Å². The Morgan fingerprint density at radius 3 is 1.65 bits per heavy atom. The number of fused-ring (bicyclic) bond motifs is 3. The monoisotopic (exact) mass is 787 g/mol. The fourth-order valence-electron chi connectivity index (χ4n) is 5.23. The van der Waals surface area contributed by atoms with E-state index in [0.29, 0.717) is 11.5 Å². The third-order valence-electron chi connectivity index (χ3n) is 7.60. The van der Waals surface area contributed by atoms with Gasteiger partial charge in [0, 0.05) is 33.3 Å². The van der Waals surface area contributed by atoms with Gasteiger partial charge >= 0.3 is 0 Å². The van der Waals surface area contributed by atoms with Crippen LogP contribution in [0.5, 0.6) is 5.75 Å². The van der Waals surface area contributed by atoms with Crippen molar-refractivity contribution < 1.29 is 57.0 Å². The Kier molecular flexibility index (Phi) is 8.83. The normalized spacial score (nSPS) is 13.2. The Morgan fingerprint density at radius 2 is 1.02 bits per heavy atom. The number of rotatable bonds is 8. The molecule has 0 atom stereocenters. The summed E-state index contributed by atoms with van der Waals surface area (Å²) in [5.74, 6) is -0.684. The van der Waals surface area contributed by atoms with Gasteiger partial charge in [0.1, 0.15) is 10.6 Å². The highest BCUT2D eigenvalue weighted by atomic mass is 32.2. The smallest absolute Gasteiger partial charge is 0.295 e. The lowest BCUT2D eigenvalue weighted by molar-refractivity contribution is 0.471. The van der Waals surface area contributed by atoms with Crippen molar-refractivity contribution in [3.05, 3.63) is 84.9 Å². The number of nitrogens with two attached hydrogens (primary N) is 1. The molecule has 6 rings (SSSR count). The van der Waals surface area contributed by atoms with Crippen molar-refractivity contribution in [2.24, 2.45) is 20.5 Å². The van der Waals surface area contributed by atoms with Crippen LogP contribution in [-0.2, 0) is 40.5 Å². The fraction of sp³-hybridized carbons (Fsp3) is 0. The van der Waals surface area contributed by atoms with Crippen LogP contribution in [0.1, 0.15) is 0 Å². The van der Waals surface area contributed by atoms with Gasteiger partial charge in [-0.15, -0.1) is 15.3 Å². The molecule has 0 aliphatic carbocycles. The largest absolute Gasteiger partial charge is 0.507 e. The van der Waals surface area contributed by atoms with E-state index in [0.717, 1.165) is 36.4 Å². The number of anilines is 1. The van der Waals surface area contributed by atoms with E-state index in [1.54, 1.807) is 0 Å². The first-order valence-corrected chi connectivity index (χ1v) is 19.8. The number of hydrogen-bond acceptors (Lipinski definition) is 14. The highest BCUT2D eigenvalue weighted by molar-refractivity contribution is 7.87. The lowest BCUT2D eigenvalue weighted by atomic mass is 10.1. The molecule has 0 saturated heterocycles. The molecule has 0 aliphatic rings. The van der Waals surface area contributed by atoms with E-state index < -0.39 is 65.8 Å². The number of nitrogens with zero attached hydrogens (tertiary/aromatic N) is 4. The lowest BCUT2D eigenvalue weighted by Gasteiger charge is -2.10. The van der Waals surface area contributed by atoms with Gasteiger partial charge in [0.05, 0.1) is 42.8 Å². The fourth-order valence-corrected chi connectivity index (χ4v) is 7.62. The molecule has 18 nitrogen and oxygen atoms in total. The summed E-state index contributed by atoms with van der Waals surface area (Å²) >= 11 is 0. The van der Waals surface area contributed by atoms with Crippen LogP contribution in [0.3, 0.4) is 0 Å².